The SMILES string of the molecule is C=C/C=C1/CN(C2CCC(=O)NC2=O)C(=O)/C1=C/C=C.CC. The molecule has 0 aromatic rings. The van der Waals surface area contributed by atoms with Crippen molar-refractivity contribution in [2.75, 3.05) is 6.54 Å². The summed E-state index contributed by atoms with van der Waals surface area (Å²) in [6, 6.07) is -0.593. The van der Waals surface area contributed by atoms with Crippen LogP contribution in [0.1, 0.15) is 26.7 Å². The van der Waals surface area contributed by atoms with E-state index in [1.54, 1.807) is 18.2 Å². The van der Waals surface area contributed by atoms with Gasteiger partial charge in [-0.3, -0.25) is 19.7 Å². The van der Waals surface area contributed by atoms with Crippen LogP contribution in [0.5, 0.6) is 0 Å². The van der Waals surface area contributed by atoms with Crippen molar-refractivity contribution in [3.63, 3.8) is 0 Å². The number of carbonyl (C=O) groups is 3. The Morgan fingerprint density at radius 3 is 2.32 bits per heavy atom. The molecule has 2 heterocycles. The molecule has 3 amide bonds. The van der Waals surface area contributed by atoms with Crippen molar-refractivity contribution < 1.29 is 14.4 Å². The Morgan fingerprint density at radius 2 is 1.77 bits per heavy atom. The van der Waals surface area contributed by atoms with Crippen LogP contribution in [-0.2, 0) is 14.4 Å². The minimum Gasteiger partial charge on any atom is -0.322 e. The van der Waals surface area contributed by atoms with Crippen LogP contribution < -0.4 is 5.32 Å². The fourth-order valence-corrected chi connectivity index (χ4v) is 2.44. The van der Waals surface area contributed by atoms with E-state index >= 15 is 0 Å². The van der Waals surface area contributed by atoms with E-state index in [0.717, 1.165) is 5.57 Å². The minimum absolute atomic E-state index is 0.215. The van der Waals surface area contributed by atoms with Gasteiger partial charge in [0.15, 0.2) is 0 Å². The third-order valence-corrected chi connectivity index (χ3v) is 3.37. The lowest BCUT2D eigenvalue weighted by Crippen LogP contribution is -2.52. The zero-order valence-electron chi connectivity index (χ0n) is 13.1. The third-order valence-electron chi connectivity index (χ3n) is 3.37. The highest BCUT2D eigenvalue weighted by molar-refractivity contribution is 6.07. The van der Waals surface area contributed by atoms with Gasteiger partial charge in [-0.1, -0.05) is 45.2 Å². The average Bonchev–Trinajstić information content (AvgIpc) is 2.80. The standard InChI is InChI=1S/C15H16N2O3.C2H6/c1-3-5-10-9-17(15(20)11(10)6-4-2)12-7-8-13(18)16-14(12)19;1-2/h3-6,12H,1-2,7-9H2,(H,16,18,19);1-2H3/b10-5-,11-6+;. The number of piperidine rings is 1. The first-order valence-corrected chi connectivity index (χ1v) is 7.37. The summed E-state index contributed by atoms with van der Waals surface area (Å²) in [6.45, 7) is 11.6. The van der Waals surface area contributed by atoms with Gasteiger partial charge in [0.05, 0.1) is 0 Å². The van der Waals surface area contributed by atoms with Gasteiger partial charge in [-0.05, 0) is 18.1 Å². The van der Waals surface area contributed by atoms with Crippen LogP contribution in [0.4, 0.5) is 0 Å². The van der Waals surface area contributed by atoms with Crippen LogP contribution in [0.25, 0.3) is 0 Å². The number of hydrogen-bond donors (Lipinski definition) is 1. The fourth-order valence-electron chi connectivity index (χ4n) is 2.44. The summed E-state index contributed by atoms with van der Waals surface area (Å²) in [4.78, 5) is 36.9. The molecule has 118 valence electrons. The molecule has 1 N–H and O–H groups in total. The molecule has 1 atom stereocenters. The highest BCUT2D eigenvalue weighted by atomic mass is 16.2. The number of carbonyl (C=O) groups excluding carboxylic acids is 3. The van der Waals surface area contributed by atoms with Gasteiger partial charge >= 0.3 is 0 Å². The zero-order chi connectivity index (χ0) is 16.7. The summed E-state index contributed by atoms with van der Waals surface area (Å²) in [7, 11) is 0. The van der Waals surface area contributed by atoms with Gasteiger partial charge in [0.1, 0.15) is 6.04 Å². The Labute approximate surface area is 131 Å². The lowest BCUT2D eigenvalue weighted by atomic mass is 10.0. The summed E-state index contributed by atoms with van der Waals surface area (Å²) in [5, 5.41) is 2.27. The monoisotopic (exact) mass is 302 g/mol. The lowest BCUT2D eigenvalue weighted by molar-refractivity contribution is -0.142. The lowest BCUT2D eigenvalue weighted by Gasteiger charge is -2.28. The Morgan fingerprint density at radius 1 is 1.14 bits per heavy atom. The molecule has 1 unspecified atom stereocenters. The zero-order valence-corrected chi connectivity index (χ0v) is 13.1. The second-order valence-corrected chi connectivity index (χ2v) is 4.64. The van der Waals surface area contributed by atoms with Gasteiger partial charge in [0, 0.05) is 18.5 Å². The van der Waals surface area contributed by atoms with Gasteiger partial charge < -0.3 is 4.90 Å². The van der Waals surface area contributed by atoms with E-state index in [2.05, 4.69) is 18.5 Å². The van der Waals surface area contributed by atoms with Crippen molar-refractivity contribution in [1.29, 1.82) is 0 Å². The van der Waals surface area contributed by atoms with Crippen LogP contribution in [0, 0.1) is 0 Å². The van der Waals surface area contributed by atoms with Crippen LogP contribution in [-0.4, -0.2) is 35.2 Å². The van der Waals surface area contributed by atoms with E-state index in [-0.39, 0.29) is 18.2 Å². The Bertz CT molecular complexity index is 558. The first-order chi connectivity index (χ1) is 10.6. The van der Waals surface area contributed by atoms with Gasteiger partial charge in [-0.15, -0.1) is 0 Å². The molecule has 5 nitrogen and oxygen atoms in total. The van der Waals surface area contributed by atoms with E-state index < -0.39 is 11.9 Å². The Balaban J connectivity index is 0.00000116. The summed E-state index contributed by atoms with van der Waals surface area (Å²) in [6.07, 6.45) is 7.13. The Hall–Kier alpha value is -2.43. The predicted molar refractivity (Wildman–Crippen MR) is 85.8 cm³/mol. The summed E-state index contributed by atoms with van der Waals surface area (Å²) >= 11 is 0. The number of imide groups is 1. The van der Waals surface area contributed by atoms with E-state index in [1.165, 1.54) is 11.0 Å². The van der Waals surface area contributed by atoms with Crippen LogP contribution in [0.15, 0.2) is 48.6 Å². The van der Waals surface area contributed by atoms with Crippen molar-refractivity contribution >= 4 is 17.7 Å². The molecule has 0 radical (unpaired) electrons. The number of likely N-dealkylation sites (tertiary alicyclic amines) is 1. The average molecular weight is 302 g/mol. The molecule has 2 fully saturated rings. The molecule has 0 aliphatic carbocycles. The van der Waals surface area contributed by atoms with E-state index in [4.69, 9.17) is 0 Å². The molecule has 0 saturated carbocycles. The maximum Gasteiger partial charge on any atom is 0.255 e. The van der Waals surface area contributed by atoms with Crippen LogP contribution in [0.3, 0.4) is 0 Å². The number of rotatable bonds is 3. The first kappa shape index (κ1) is 17.6. The van der Waals surface area contributed by atoms with Gasteiger partial charge in [-0.25, -0.2) is 0 Å². The van der Waals surface area contributed by atoms with E-state index in [9.17, 15) is 14.4 Å². The van der Waals surface area contributed by atoms with Crippen molar-refractivity contribution in [3.8, 4) is 0 Å². The highest BCUT2D eigenvalue weighted by Gasteiger charge is 2.40. The number of hydrogen-bond acceptors (Lipinski definition) is 3. The molecule has 0 aromatic heterocycles. The molecule has 0 bridgehead atoms. The molecule has 0 spiro atoms. The number of nitrogens with zero attached hydrogens (tertiary/aromatic N) is 1. The molecule has 22 heavy (non-hydrogen) atoms. The van der Waals surface area contributed by atoms with Crippen molar-refractivity contribution in [3.05, 3.63) is 48.6 Å². The number of allylic oxidation sites excluding steroid dienone is 4. The minimum atomic E-state index is -0.593. The van der Waals surface area contributed by atoms with Crippen LogP contribution in [0.2, 0.25) is 0 Å². The molecule has 5 heteroatoms. The largest absolute Gasteiger partial charge is 0.322 e. The molecular weight excluding hydrogens is 280 g/mol. The summed E-state index contributed by atoms with van der Waals surface area (Å²) < 4.78 is 0. The Kier molecular flexibility index (Phi) is 6.50. The third kappa shape index (κ3) is 3.61. The fraction of sp³-hybridized carbons (Fsp3) is 0.353. The molecule has 2 aliphatic rings. The second kappa shape index (κ2) is 8.12. The maximum absolute atomic E-state index is 12.4. The summed E-state index contributed by atoms with van der Waals surface area (Å²) in [5.41, 5.74) is 1.32. The number of nitrogens with one attached hydrogen (secondary N) is 1. The molecule has 2 rings (SSSR count). The molecular formula is C17H22N2O3. The van der Waals surface area contributed by atoms with Crippen molar-refractivity contribution in [2.45, 2.75) is 32.7 Å². The quantitative estimate of drug-likeness (QED) is 0.639. The highest BCUT2D eigenvalue weighted by Crippen LogP contribution is 2.28. The topological polar surface area (TPSA) is 66.5 Å². The second-order valence-electron chi connectivity index (χ2n) is 4.64. The van der Waals surface area contributed by atoms with Crippen molar-refractivity contribution in [2.24, 2.45) is 0 Å². The number of amides is 3. The van der Waals surface area contributed by atoms with E-state index in [1.807, 2.05) is 13.8 Å². The molecule has 2 saturated heterocycles. The summed E-state index contributed by atoms with van der Waals surface area (Å²) in [5.74, 6) is -0.915. The molecule has 2 aliphatic heterocycles. The van der Waals surface area contributed by atoms with Gasteiger partial charge in [0.25, 0.3) is 5.91 Å². The van der Waals surface area contributed by atoms with E-state index in [0.29, 0.717) is 18.5 Å². The van der Waals surface area contributed by atoms with Crippen LogP contribution >= 0.6 is 0 Å². The predicted octanol–water partition coefficient (Wildman–Crippen LogP) is 1.88. The van der Waals surface area contributed by atoms with Crippen molar-refractivity contribution in [1.82, 2.24) is 10.2 Å². The van der Waals surface area contributed by atoms with Gasteiger partial charge in [-0.2, -0.15) is 0 Å². The molecule has 0 aromatic carbocycles. The normalized spacial score (nSPS) is 24.9. The smallest absolute Gasteiger partial charge is 0.255 e. The van der Waals surface area contributed by atoms with Gasteiger partial charge in [0.2, 0.25) is 11.8 Å². The first-order valence-electron chi connectivity index (χ1n) is 7.37. The maximum atomic E-state index is 12.4.